The van der Waals surface area contributed by atoms with Crippen LogP contribution in [0.4, 0.5) is 0 Å². The van der Waals surface area contributed by atoms with E-state index in [1.54, 1.807) is 37.5 Å². The Hall–Kier alpha value is -2.86. The molecular formula is C22H24N2O3S. The Labute approximate surface area is 169 Å². The van der Waals surface area contributed by atoms with E-state index in [1.165, 1.54) is 0 Å². The maximum Gasteiger partial charge on any atom is 0.227 e. The normalized spacial score (nSPS) is 10.6. The summed E-state index contributed by atoms with van der Waals surface area (Å²) in [5.74, 6) is 1.49. The topological polar surface area (TPSA) is 51.7 Å². The molecule has 146 valence electrons. The summed E-state index contributed by atoms with van der Waals surface area (Å²) < 4.78 is 10.6. The van der Waals surface area contributed by atoms with Crippen molar-refractivity contribution in [1.29, 1.82) is 0 Å². The first-order valence-corrected chi connectivity index (χ1v) is 9.84. The Balaban J connectivity index is 1.64. The molecular weight excluding hydrogens is 372 g/mol. The second-order valence-corrected chi connectivity index (χ2v) is 7.62. The van der Waals surface area contributed by atoms with Crippen LogP contribution in [0.25, 0.3) is 11.3 Å². The number of likely N-dealkylation sites (N-methyl/N-ethyl adjacent to an activating group) is 1. The predicted molar refractivity (Wildman–Crippen MR) is 112 cm³/mol. The third-order valence-electron chi connectivity index (χ3n) is 4.55. The second kappa shape index (κ2) is 8.89. The highest BCUT2D eigenvalue weighted by molar-refractivity contribution is 7.09. The zero-order valence-electron chi connectivity index (χ0n) is 16.6. The number of methoxy groups -OCH3 is 2. The number of carbonyl (C=O) groups excluding carboxylic acids is 1. The quantitative estimate of drug-likeness (QED) is 0.596. The number of aryl methyl sites for hydroxylation is 1. The fourth-order valence-electron chi connectivity index (χ4n) is 2.93. The number of thiazole rings is 1. The van der Waals surface area contributed by atoms with Crippen LogP contribution in [0.15, 0.2) is 47.8 Å². The van der Waals surface area contributed by atoms with E-state index in [-0.39, 0.29) is 5.91 Å². The lowest BCUT2D eigenvalue weighted by atomic mass is 10.1. The molecule has 0 aliphatic heterocycles. The lowest BCUT2D eigenvalue weighted by Gasteiger charge is -2.19. The second-order valence-electron chi connectivity index (χ2n) is 6.55. The van der Waals surface area contributed by atoms with Gasteiger partial charge in [-0.15, -0.1) is 11.3 Å². The van der Waals surface area contributed by atoms with Gasteiger partial charge in [0, 0.05) is 36.2 Å². The smallest absolute Gasteiger partial charge is 0.227 e. The molecule has 0 saturated carbocycles. The van der Waals surface area contributed by atoms with Crippen molar-refractivity contribution in [2.24, 2.45) is 0 Å². The summed E-state index contributed by atoms with van der Waals surface area (Å²) in [4.78, 5) is 18.9. The molecule has 1 amide bonds. The van der Waals surface area contributed by atoms with E-state index < -0.39 is 0 Å². The Kier molecular flexibility index (Phi) is 6.31. The van der Waals surface area contributed by atoms with Gasteiger partial charge in [-0.3, -0.25) is 4.79 Å². The number of ether oxygens (including phenoxy) is 2. The third-order valence-corrected chi connectivity index (χ3v) is 5.33. The Bertz CT molecular complexity index is 951. The van der Waals surface area contributed by atoms with Gasteiger partial charge in [-0.2, -0.15) is 0 Å². The zero-order valence-corrected chi connectivity index (χ0v) is 17.4. The van der Waals surface area contributed by atoms with Gasteiger partial charge in [-0.1, -0.05) is 24.3 Å². The van der Waals surface area contributed by atoms with Crippen molar-refractivity contribution in [2.75, 3.05) is 21.3 Å². The highest BCUT2D eigenvalue weighted by Crippen LogP contribution is 2.26. The van der Waals surface area contributed by atoms with Gasteiger partial charge in [-0.25, -0.2) is 4.98 Å². The van der Waals surface area contributed by atoms with Crippen molar-refractivity contribution < 1.29 is 14.3 Å². The average Bonchev–Trinajstić information content (AvgIpc) is 3.15. The van der Waals surface area contributed by atoms with Crippen molar-refractivity contribution >= 4 is 17.2 Å². The van der Waals surface area contributed by atoms with Crippen molar-refractivity contribution in [3.8, 4) is 22.8 Å². The van der Waals surface area contributed by atoms with Crippen LogP contribution in [0.3, 0.4) is 0 Å². The number of benzene rings is 2. The van der Waals surface area contributed by atoms with E-state index in [0.717, 1.165) is 33.1 Å². The molecule has 3 rings (SSSR count). The first-order chi connectivity index (χ1) is 13.5. The molecule has 28 heavy (non-hydrogen) atoms. The minimum atomic E-state index is 0.0510. The molecule has 0 atom stereocenters. The van der Waals surface area contributed by atoms with E-state index in [0.29, 0.717) is 18.7 Å². The summed E-state index contributed by atoms with van der Waals surface area (Å²) in [5, 5.41) is 3.09. The van der Waals surface area contributed by atoms with Gasteiger partial charge in [0.2, 0.25) is 5.91 Å². The molecule has 0 N–H and O–H groups in total. The number of aromatic nitrogens is 1. The van der Waals surface area contributed by atoms with Crippen molar-refractivity contribution in [2.45, 2.75) is 19.9 Å². The molecule has 0 bridgehead atoms. The molecule has 6 heteroatoms. The number of hydrogen-bond acceptors (Lipinski definition) is 5. The number of nitrogens with zero attached hydrogens (tertiary/aromatic N) is 2. The van der Waals surface area contributed by atoms with Crippen LogP contribution in [-0.2, 0) is 17.8 Å². The highest BCUT2D eigenvalue weighted by Gasteiger charge is 2.14. The average molecular weight is 397 g/mol. The standard InChI is InChI=1S/C22H24N2O3S/c1-15-23-20(14-28-15)17-7-5-16(6-8-17)11-22(25)24(2)13-18-9-10-19(26-3)12-21(18)27-4/h5-10,12,14H,11,13H2,1-4H3. The molecule has 1 heterocycles. The summed E-state index contributed by atoms with van der Waals surface area (Å²) in [6.07, 6.45) is 0.353. The van der Waals surface area contributed by atoms with E-state index in [4.69, 9.17) is 9.47 Å². The molecule has 0 saturated heterocycles. The van der Waals surface area contributed by atoms with Crippen molar-refractivity contribution in [3.05, 3.63) is 64.0 Å². The van der Waals surface area contributed by atoms with Crippen LogP contribution in [0.1, 0.15) is 16.1 Å². The van der Waals surface area contributed by atoms with E-state index in [9.17, 15) is 4.79 Å². The molecule has 0 radical (unpaired) electrons. The number of hydrogen-bond donors (Lipinski definition) is 0. The maximum atomic E-state index is 12.6. The van der Waals surface area contributed by atoms with Crippen LogP contribution in [0.5, 0.6) is 11.5 Å². The van der Waals surface area contributed by atoms with Crippen LogP contribution < -0.4 is 9.47 Å². The lowest BCUT2D eigenvalue weighted by molar-refractivity contribution is -0.129. The molecule has 0 fully saturated rings. The molecule has 5 nitrogen and oxygen atoms in total. The van der Waals surface area contributed by atoms with Crippen LogP contribution in [0, 0.1) is 6.92 Å². The van der Waals surface area contributed by atoms with E-state index in [2.05, 4.69) is 4.98 Å². The number of amides is 1. The summed E-state index contributed by atoms with van der Waals surface area (Å²) in [5.41, 5.74) is 3.96. The van der Waals surface area contributed by atoms with Crippen LogP contribution >= 0.6 is 11.3 Å². The molecule has 3 aromatic rings. The van der Waals surface area contributed by atoms with Crippen LogP contribution in [0.2, 0.25) is 0 Å². The van der Waals surface area contributed by atoms with E-state index >= 15 is 0 Å². The summed E-state index contributed by atoms with van der Waals surface area (Å²) in [7, 11) is 5.04. The van der Waals surface area contributed by atoms with Crippen LogP contribution in [-0.4, -0.2) is 37.1 Å². The highest BCUT2D eigenvalue weighted by atomic mass is 32.1. The van der Waals surface area contributed by atoms with Gasteiger partial charge in [0.15, 0.2) is 0 Å². The van der Waals surface area contributed by atoms with Gasteiger partial charge in [0.1, 0.15) is 11.5 Å². The Morgan fingerprint density at radius 3 is 2.46 bits per heavy atom. The minimum absolute atomic E-state index is 0.0510. The lowest BCUT2D eigenvalue weighted by Crippen LogP contribution is -2.27. The summed E-state index contributed by atoms with van der Waals surface area (Å²) >= 11 is 1.63. The Morgan fingerprint density at radius 2 is 1.86 bits per heavy atom. The summed E-state index contributed by atoms with van der Waals surface area (Å²) in [6.45, 7) is 2.47. The van der Waals surface area contributed by atoms with E-state index in [1.807, 2.05) is 54.8 Å². The number of rotatable bonds is 7. The molecule has 0 aliphatic rings. The van der Waals surface area contributed by atoms with Gasteiger partial charge in [-0.05, 0) is 24.6 Å². The van der Waals surface area contributed by atoms with Gasteiger partial charge >= 0.3 is 0 Å². The first kappa shape index (κ1) is 19.9. The third kappa shape index (κ3) is 4.70. The Morgan fingerprint density at radius 1 is 1.11 bits per heavy atom. The molecule has 0 unspecified atom stereocenters. The SMILES string of the molecule is COc1ccc(CN(C)C(=O)Cc2ccc(-c3csc(C)n3)cc2)c(OC)c1. The molecule has 0 spiro atoms. The first-order valence-electron chi connectivity index (χ1n) is 8.96. The van der Waals surface area contributed by atoms with Crippen molar-refractivity contribution in [3.63, 3.8) is 0 Å². The van der Waals surface area contributed by atoms with Gasteiger partial charge in [0.05, 0.1) is 31.3 Å². The molecule has 2 aromatic carbocycles. The van der Waals surface area contributed by atoms with Crippen molar-refractivity contribution in [1.82, 2.24) is 9.88 Å². The maximum absolute atomic E-state index is 12.6. The zero-order chi connectivity index (χ0) is 20.1. The monoisotopic (exact) mass is 396 g/mol. The summed E-state index contributed by atoms with van der Waals surface area (Å²) in [6, 6.07) is 13.6. The largest absolute Gasteiger partial charge is 0.497 e. The van der Waals surface area contributed by atoms with Gasteiger partial charge in [0.25, 0.3) is 0 Å². The molecule has 0 aliphatic carbocycles. The fraction of sp³-hybridized carbons (Fsp3) is 0.273. The predicted octanol–water partition coefficient (Wildman–Crippen LogP) is 4.34. The van der Waals surface area contributed by atoms with Gasteiger partial charge < -0.3 is 14.4 Å². The number of carbonyl (C=O) groups is 1. The minimum Gasteiger partial charge on any atom is -0.497 e. The molecule has 1 aromatic heterocycles. The fourth-order valence-corrected chi connectivity index (χ4v) is 3.55.